The van der Waals surface area contributed by atoms with Crippen LogP contribution in [0, 0.1) is 0 Å². The molecule has 0 heterocycles. The number of rotatable bonds is 2. The van der Waals surface area contributed by atoms with E-state index in [4.69, 9.17) is 9.84 Å². The van der Waals surface area contributed by atoms with Crippen molar-refractivity contribution in [1.29, 1.82) is 0 Å². The molecule has 0 spiro atoms. The minimum Gasteiger partial charge on any atom is -0.508 e. The van der Waals surface area contributed by atoms with Crippen LogP contribution in [0.4, 0.5) is 0 Å². The van der Waals surface area contributed by atoms with Crippen molar-refractivity contribution in [2.45, 2.75) is 6.92 Å². The number of hydrogen-bond acceptors (Lipinski definition) is 3. The number of phenolic OH excluding ortho intramolecular Hbond substituents is 1. The quantitative estimate of drug-likeness (QED) is 0.485. The van der Waals surface area contributed by atoms with Gasteiger partial charge in [-0.2, -0.15) is 0 Å². The van der Waals surface area contributed by atoms with Crippen molar-refractivity contribution in [2.75, 3.05) is 6.61 Å². The van der Waals surface area contributed by atoms with Gasteiger partial charge in [0.1, 0.15) is 5.75 Å². The molecule has 16 heavy (non-hydrogen) atoms. The van der Waals surface area contributed by atoms with Gasteiger partial charge in [-0.3, -0.25) is 0 Å². The van der Waals surface area contributed by atoms with E-state index in [0.717, 1.165) is 0 Å². The van der Waals surface area contributed by atoms with Crippen LogP contribution in [-0.4, -0.2) is 76.8 Å². The zero-order valence-corrected chi connectivity index (χ0v) is 14.2. The van der Waals surface area contributed by atoms with E-state index in [9.17, 15) is 4.79 Å². The molecule has 78 valence electrons. The Labute approximate surface area is 140 Å². The molecule has 5 heteroatoms. The maximum absolute atomic E-state index is 11.1. The molecule has 0 aliphatic rings. The largest absolute Gasteiger partial charge is 0.508 e. The number of benzene rings is 1. The van der Waals surface area contributed by atoms with Crippen molar-refractivity contribution < 1.29 is 14.6 Å². The fourth-order valence-electron chi connectivity index (χ4n) is 0.812. The first kappa shape index (κ1) is 21.5. The van der Waals surface area contributed by atoms with Crippen LogP contribution in [0.15, 0.2) is 37.4 Å². The second kappa shape index (κ2) is 13.3. The summed E-state index contributed by atoms with van der Waals surface area (Å²) in [5, 5.41) is 8.92. The smallest absolute Gasteiger partial charge is 0.338 e. The number of carbonyl (C=O) groups excluding carboxylic acids is 1. The van der Waals surface area contributed by atoms with Crippen LogP contribution in [0.3, 0.4) is 0 Å². The third-order valence-corrected chi connectivity index (χ3v) is 1.38. The van der Waals surface area contributed by atoms with E-state index in [2.05, 4.69) is 13.2 Å². The van der Waals surface area contributed by atoms with Gasteiger partial charge in [-0.05, 0) is 31.2 Å². The maximum atomic E-state index is 11.1. The molecule has 1 N–H and O–H groups in total. The second-order valence-corrected chi connectivity index (χ2v) is 2.27. The molecule has 1 rings (SSSR count). The minimum absolute atomic E-state index is 0. The molecule has 0 bridgehead atoms. The summed E-state index contributed by atoms with van der Waals surface area (Å²) in [7, 11) is 0. The Kier molecular flexibility index (Phi) is 17.9. The average Bonchev–Trinajstić information content (AvgIpc) is 2.22. The molecule has 0 amide bonds. The van der Waals surface area contributed by atoms with E-state index < -0.39 is 0 Å². The zero-order valence-electron chi connectivity index (χ0n) is 10.2. The van der Waals surface area contributed by atoms with E-state index in [-0.39, 0.29) is 70.8 Å². The Bertz CT molecular complexity index is 286. The Morgan fingerprint density at radius 1 is 1.25 bits per heavy atom. The van der Waals surface area contributed by atoms with Crippen LogP contribution in [0.2, 0.25) is 0 Å². The predicted octanol–water partition coefficient (Wildman–Crippen LogP) is 1.61. The summed E-state index contributed by atoms with van der Waals surface area (Å²) >= 11 is 0. The fraction of sp³-hybridized carbons (Fsp3) is 0.182. The molecular formula is C11H14Na2O3. The number of carbonyl (C=O) groups is 1. The van der Waals surface area contributed by atoms with Crippen LogP contribution in [0.1, 0.15) is 17.3 Å². The topological polar surface area (TPSA) is 46.5 Å². The van der Waals surface area contributed by atoms with Crippen LogP contribution in [-0.2, 0) is 4.74 Å². The Balaban J connectivity index is -0.000000399. The number of hydrogen-bond donors (Lipinski definition) is 1. The van der Waals surface area contributed by atoms with Crippen molar-refractivity contribution in [2.24, 2.45) is 0 Å². The molecule has 3 nitrogen and oxygen atoms in total. The first-order valence-electron chi connectivity index (χ1n) is 4.20. The van der Waals surface area contributed by atoms with E-state index >= 15 is 0 Å². The van der Waals surface area contributed by atoms with Crippen molar-refractivity contribution in [1.82, 2.24) is 0 Å². The molecule has 0 aromatic heterocycles. The van der Waals surface area contributed by atoms with Crippen LogP contribution in [0.5, 0.6) is 5.75 Å². The van der Waals surface area contributed by atoms with Gasteiger partial charge in [0.25, 0.3) is 0 Å². The molecule has 1 aromatic rings. The third kappa shape index (κ3) is 8.39. The summed E-state index contributed by atoms with van der Waals surface area (Å²) in [5.74, 6) is -0.222. The summed E-state index contributed by atoms with van der Waals surface area (Å²) < 4.78 is 4.75. The van der Waals surface area contributed by atoms with Gasteiger partial charge >= 0.3 is 5.97 Å². The predicted molar refractivity (Wildman–Crippen MR) is 66.8 cm³/mol. The normalized spacial score (nSPS) is 7.31. The molecule has 0 aliphatic carbocycles. The number of ether oxygens (including phenoxy) is 1. The number of esters is 1. The SMILES string of the molecule is C=C.CCOC(=O)c1ccc(O)cc1.[Na].[Na]. The minimum atomic E-state index is -0.363. The molecule has 0 saturated carbocycles. The molecule has 0 unspecified atom stereocenters. The van der Waals surface area contributed by atoms with Crippen molar-refractivity contribution in [3.05, 3.63) is 43.0 Å². The van der Waals surface area contributed by atoms with Crippen molar-refractivity contribution in [3.8, 4) is 5.75 Å². The summed E-state index contributed by atoms with van der Waals surface area (Å²) in [6.45, 7) is 8.11. The van der Waals surface area contributed by atoms with Crippen molar-refractivity contribution >= 4 is 65.1 Å². The summed E-state index contributed by atoms with van der Waals surface area (Å²) in [6, 6.07) is 5.94. The monoisotopic (exact) mass is 240 g/mol. The van der Waals surface area contributed by atoms with E-state index in [1.165, 1.54) is 24.3 Å². The van der Waals surface area contributed by atoms with Gasteiger partial charge in [0.15, 0.2) is 0 Å². The van der Waals surface area contributed by atoms with E-state index in [0.29, 0.717) is 12.2 Å². The molecule has 0 fully saturated rings. The van der Waals surface area contributed by atoms with Gasteiger partial charge in [-0.1, -0.05) is 0 Å². The van der Waals surface area contributed by atoms with Gasteiger partial charge < -0.3 is 9.84 Å². The first-order valence-corrected chi connectivity index (χ1v) is 4.20. The summed E-state index contributed by atoms with van der Waals surface area (Å²) in [4.78, 5) is 11.1. The molecule has 1 aromatic carbocycles. The van der Waals surface area contributed by atoms with Gasteiger partial charge in [0.05, 0.1) is 12.2 Å². The Morgan fingerprint density at radius 2 is 1.69 bits per heavy atom. The standard InChI is InChI=1S/C9H10O3.C2H4.2Na/c1-2-12-9(11)7-3-5-8(10)6-4-7;1-2;;/h3-6,10H,2H2,1H3;1-2H2;;. The van der Waals surface area contributed by atoms with Crippen molar-refractivity contribution in [3.63, 3.8) is 0 Å². The average molecular weight is 240 g/mol. The molecule has 0 atom stereocenters. The second-order valence-electron chi connectivity index (χ2n) is 2.27. The van der Waals surface area contributed by atoms with Gasteiger partial charge in [0.2, 0.25) is 0 Å². The fourth-order valence-corrected chi connectivity index (χ4v) is 0.812. The van der Waals surface area contributed by atoms with Crippen LogP contribution >= 0.6 is 0 Å². The van der Waals surface area contributed by atoms with Crippen LogP contribution in [0.25, 0.3) is 0 Å². The number of phenols is 1. The zero-order chi connectivity index (χ0) is 11.0. The van der Waals surface area contributed by atoms with Gasteiger partial charge in [-0.25, -0.2) is 4.79 Å². The number of aromatic hydroxyl groups is 1. The third-order valence-electron chi connectivity index (χ3n) is 1.38. The van der Waals surface area contributed by atoms with E-state index in [1.807, 2.05) is 0 Å². The molecule has 2 radical (unpaired) electrons. The van der Waals surface area contributed by atoms with Gasteiger partial charge in [-0.15, -0.1) is 13.2 Å². The molecule has 0 saturated heterocycles. The van der Waals surface area contributed by atoms with Gasteiger partial charge in [0, 0.05) is 59.1 Å². The summed E-state index contributed by atoms with van der Waals surface area (Å²) in [6.07, 6.45) is 0. The molecular weight excluding hydrogens is 226 g/mol. The summed E-state index contributed by atoms with van der Waals surface area (Å²) in [5.41, 5.74) is 0.453. The Morgan fingerprint density at radius 3 is 2.06 bits per heavy atom. The Hall–Kier alpha value is 0.230. The van der Waals surface area contributed by atoms with Crippen LogP contribution < -0.4 is 0 Å². The maximum Gasteiger partial charge on any atom is 0.338 e. The molecule has 0 aliphatic heterocycles. The van der Waals surface area contributed by atoms with E-state index in [1.54, 1.807) is 6.92 Å². The first-order chi connectivity index (χ1) is 6.74.